The maximum Gasteiger partial charge on any atom is 0.197 e. The number of aryl methyl sites for hydroxylation is 2. The number of benzene rings is 1. The summed E-state index contributed by atoms with van der Waals surface area (Å²) in [5, 5.41) is -0.189. The Hall–Kier alpha value is -1.74. The molecule has 0 amide bonds. The summed E-state index contributed by atoms with van der Waals surface area (Å²) < 4.78 is 11.2. The van der Waals surface area contributed by atoms with Crippen molar-refractivity contribution in [3.05, 3.63) is 53.3 Å². The average Bonchev–Trinajstić information content (AvgIpc) is 2.91. The fourth-order valence-electron chi connectivity index (χ4n) is 2.23. The second-order valence-corrected chi connectivity index (χ2v) is 5.14. The summed E-state index contributed by atoms with van der Waals surface area (Å²) in [7, 11) is 0. The third kappa shape index (κ3) is 2.38. The summed E-state index contributed by atoms with van der Waals surface area (Å²) in [6, 6.07) is 9.67. The number of oxazole rings is 1. The van der Waals surface area contributed by atoms with Gasteiger partial charge in [-0.25, -0.2) is 4.98 Å². The summed E-state index contributed by atoms with van der Waals surface area (Å²) in [5.74, 6) is 2.38. The molecule has 0 saturated heterocycles. The molecule has 0 radical (unpaired) electrons. The highest BCUT2D eigenvalue weighted by molar-refractivity contribution is 6.21. The maximum absolute atomic E-state index is 6.43. The smallest absolute Gasteiger partial charge is 0.197 e. The fourth-order valence-corrected chi connectivity index (χ4v) is 2.58. The lowest BCUT2D eigenvalue weighted by atomic mass is 10.1. The molecule has 2 aromatic heterocycles. The molecular formula is C15H14ClNO2. The van der Waals surface area contributed by atoms with E-state index in [1.165, 1.54) is 0 Å². The number of halogens is 1. The Kier molecular flexibility index (Phi) is 3.07. The first kappa shape index (κ1) is 12.3. The van der Waals surface area contributed by atoms with Gasteiger partial charge in [0.2, 0.25) is 0 Å². The molecule has 0 N–H and O–H groups in total. The highest BCUT2D eigenvalue weighted by Crippen LogP contribution is 2.30. The zero-order valence-corrected chi connectivity index (χ0v) is 11.6. The molecule has 0 saturated carbocycles. The van der Waals surface area contributed by atoms with Crippen LogP contribution in [0.15, 0.2) is 39.2 Å². The van der Waals surface area contributed by atoms with E-state index in [0.717, 1.165) is 28.2 Å². The first-order chi connectivity index (χ1) is 9.13. The average molecular weight is 276 g/mol. The molecule has 0 spiro atoms. The zero-order valence-electron chi connectivity index (χ0n) is 10.8. The SMILES string of the molecule is Cc1cc(C(Cl)Cc2nc3ccccc3o2)c(C)o1. The van der Waals surface area contributed by atoms with Crippen LogP contribution in [-0.2, 0) is 6.42 Å². The van der Waals surface area contributed by atoms with Crippen molar-refractivity contribution in [3.63, 3.8) is 0 Å². The van der Waals surface area contributed by atoms with Crippen LogP contribution in [0, 0.1) is 13.8 Å². The summed E-state index contributed by atoms with van der Waals surface area (Å²) in [5.41, 5.74) is 2.66. The van der Waals surface area contributed by atoms with Crippen LogP contribution in [0.5, 0.6) is 0 Å². The number of para-hydroxylation sites is 2. The minimum absolute atomic E-state index is 0.189. The Morgan fingerprint density at radius 3 is 2.68 bits per heavy atom. The minimum Gasteiger partial charge on any atom is -0.466 e. The van der Waals surface area contributed by atoms with Crippen LogP contribution >= 0.6 is 11.6 Å². The number of rotatable bonds is 3. The Balaban J connectivity index is 1.86. The number of hydrogen-bond donors (Lipinski definition) is 0. The van der Waals surface area contributed by atoms with Crippen molar-refractivity contribution in [1.82, 2.24) is 4.98 Å². The van der Waals surface area contributed by atoms with E-state index >= 15 is 0 Å². The van der Waals surface area contributed by atoms with Crippen molar-refractivity contribution in [2.24, 2.45) is 0 Å². The van der Waals surface area contributed by atoms with Crippen molar-refractivity contribution in [2.45, 2.75) is 25.6 Å². The van der Waals surface area contributed by atoms with Crippen LogP contribution in [0.1, 0.15) is 28.4 Å². The molecule has 3 rings (SSSR count). The molecule has 1 atom stereocenters. The van der Waals surface area contributed by atoms with E-state index in [0.29, 0.717) is 12.3 Å². The summed E-state index contributed by atoms with van der Waals surface area (Å²) in [6.45, 7) is 3.84. The molecular weight excluding hydrogens is 262 g/mol. The van der Waals surface area contributed by atoms with Gasteiger partial charge < -0.3 is 8.83 Å². The van der Waals surface area contributed by atoms with Gasteiger partial charge in [0.1, 0.15) is 17.0 Å². The largest absolute Gasteiger partial charge is 0.466 e. The van der Waals surface area contributed by atoms with Crippen LogP contribution in [-0.4, -0.2) is 4.98 Å². The summed E-state index contributed by atoms with van der Waals surface area (Å²) >= 11 is 6.43. The van der Waals surface area contributed by atoms with Crippen molar-refractivity contribution < 1.29 is 8.83 Å². The molecule has 0 fully saturated rings. The second-order valence-electron chi connectivity index (χ2n) is 4.62. The van der Waals surface area contributed by atoms with Crippen molar-refractivity contribution in [2.75, 3.05) is 0 Å². The summed E-state index contributed by atoms with van der Waals surface area (Å²) in [6.07, 6.45) is 0.552. The normalized spacial score (nSPS) is 13.0. The monoisotopic (exact) mass is 275 g/mol. The number of alkyl halides is 1. The van der Waals surface area contributed by atoms with E-state index in [9.17, 15) is 0 Å². The van der Waals surface area contributed by atoms with Crippen LogP contribution in [0.3, 0.4) is 0 Å². The van der Waals surface area contributed by atoms with Gasteiger partial charge in [-0.3, -0.25) is 0 Å². The molecule has 2 heterocycles. The van der Waals surface area contributed by atoms with Gasteiger partial charge in [0.25, 0.3) is 0 Å². The predicted octanol–water partition coefficient (Wildman–Crippen LogP) is 4.56. The quantitative estimate of drug-likeness (QED) is 0.658. The number of furan rings is 1. The van der Waals surface area contributed by atoms with Gasteiger partial charge in [0, 0.05) is 12.0 Å². The third-order valence-corrected chi connectivity index (χ3v) is 3.50. The van der Waals surface area contributed by atoms with E-state index in [1.807, 2.05) is 44.2 Å². The molecule has 1 aromatic carbocycles. The number of fused-ring (bicyclic) bond motifs is 1. The van der Waals surface area contributed by atoms with Gasteiger partial charge in [-0.15, -0.1) is 11.6 Å². The molecule has 19 heavy (non-hydrogen) atoms. The highest BCUT2D eigenvalue weighted by Gasteiger charge is 2.18. The lowest BCUT2D eigenvalue weighted by Crippen LogP contribution is -1.96. The van der Waals surface area contributed by atoms with Gasteiger partial charge in [-0.1, -0.05) is 12.1 Å². The Bertz CT molecular complexity index is 681. The van der Waals surface area contributed by atoms with Crippen LogP contribution in [0.4, 0.5) is 0 Å². The topological polar surface area (TPSA) is 39.2 Å². The Morgan fingerprint density at radius 1 is 1.21 bits per heavy atom. The van der Waals surface area contributed by atoms with Gasteiger partial charge >= 0.3 is 0 Å². The van der Waals surface area contributed by atoms with E-state index in [-0.39, 0.29) is 5.38 Å². The van der Waals surface area contributed by atoms with Crippen LogP contribution < -0.4 is 0 Å². The predicted molar refractivity (Wildman–Crippen MR) is 74.5 cm³/mol. The highest BCUT2D eigenvalue weighted by atomic mass is 35.5. The minimum atomic E-state index is -0.189. The first-order valence-corrected chi connectivity index (χ1v) is 6.62. The molecule has 4 heteroatoms. The fraction of sp³-hybridized carbons (Fsp3) is 0.267. The Labute approximate surface area is 116 Å². The molecule has 3 nitrogen and oxygen atoms in total. The lowest BCUT2D eigenvalue weighted by Gasteiger charge is -2.04. The lowest BCUT2D eigenvalue weighted by molar-refractivity contribution is 0.496. The molecule has 0 aliphatic carbocycles. The van der Waals surface area contributed by atoms with Gasteiger partial charge in [-0.05, 0) is 32.0 Å². The Morgan fingerprint density at radius 2 is 2.00 bits per heavy atom. The van der Waals surface area contributed by atoms with E-state index in [2.05, 4.69) is 4.98 Å². The summed E-state index contributed by atoms with van der Waals surface area (Å²) in [4.78, 5) is 4.43. The molecule has 3 aromatic rings. The van der Waals surface area contributed by atoms with Gasteiger partial charge in [0.15, 0.2) is 11.5 Å². The molecule has 0 aliphatic rings. The van der Waals surface area contributed by atoms with E-state index < -0.39 is 0 Å². The third-order valence-electron chi connectivity index (χ3n) is 3.11. The van der Waals surface area contributed by atoms with Crippen molar-refractivity contribution in [1.29, 1.82) is 0 Å². The molecule has 0 aliphatic heterocycles. The standard InChI is InChI=1S/C15H14ClNO2/c1-9-7-11(10(2)18-9)12(16)8-15-17-13-5-3-4-6-14(13)19-15/h3-7,12H,8H2,1-2H3. The van der Waals surface area contributed by atoms with E-state index in [1.54, 1.807) is 0 Å². The van der Waals surface area contributed by atoms with Crippen LogP contribution in [0.2, 0.25) is 0 Å². The number of aromatic nitrogens is 1. The first-order valence-electron chi connectivity index (χ1n) is 6.19. The maximum atomic E-state index is 6.43. The second kappa shape index (κ2) is 4.74. The van der Waals surface area contributed by atoms with Gasteiger partial charge in [0.05, 0.1) is 5.38 Å². The van der Waals surface area contributed by atoms with E-state index in [4.69, 9.17) is 20.4 Å². The number of hydrogen-bond acceptors (Lipinski definition) is 3. The van der Waals surface area contributed by atoms with Crippen molar-refractivity contribution in [3.8, 4) is 0 Å². The molecule has 1 unspecified atom stereocenters. The van der Waals surface area contributed by atoms with Crippen molar-refractivity contribution >= 4 is 22.7 Å². The molecule has 98 valence electrons. The molecule has 0 bridgehead atoms. The van der Waals surface area contributed by atoms with Crippen LogP contribution in [0.25, 0.3) is 11.1 Å². The zero-order chi connectivity index (χ0) is 13.4. The van der Waals surface area contributed by atoms with Gasteiger partial charge in [-0.2, -0.15) is 0 Å². The number of nitrogens with zero attached hydrogens (tertiary/aromatic N) is 1.